The first-order valence-corrected chi connectivity index (χ1v) is 15.6. The molecular weight excluding hydrogens is 589 g/mol. The van der Waals surface area contributed by atoms with Crippen molar-refractivity contribution in [1.82, 2.24) is 29.9 Å². The van der Waals surface area contributed by atoms with Crippen molar-refractivity contribution in [3.63, 3.8) is 0 Å². The molecule has 0 unspecified atom stereocenters. The summed E-state index contributed by atoms with van der Waals surface area (Å²) in [5.74, 6) is 0. The molecular formula is C42H28N6. The third kappa shape index (κ3) is 6.10. The summed E-state index contributed by atoms with van der Waals surface area (Å²) in [6, 6.07) is 37.6. The maximum absolute atomic E-state index is 4.76. The second kappa shape index (κ2) is 13.0. The lowest BCUT2D eigenvalue weighted by Gasteiger charge is -2.13. The lowest BCUT2D eigenvalue weighted by Crippen LogP contribution is -1.92. The summed E-state index contributed by atoms with van der Waals surface area (Å²) in [7, 11) is 0. The van der Waals surface area contributed by atoms with Crippen LogP contribution >= 0.6 is 0 Å². The maximum Gasteiger partial charge on any atom is 0.0892 e. The Morgan fingerprint density at radius 3 is 0.812 bits per heavy atom. The summed E-state index contributed by atoms with van der Waals surface area (Å²) in [5.41, 5.74) is 14.3. The monoisotopic (exact) mass is 616 g/mol. The highest BCUT2D eigenvalue weighted by atomic mass is 14.8. The van der Waals surface area contributed by atoms with Crippen LogP contribution in [0.1, 0.15) is 0 Å². The number of pyridine rings is 6. The van der Waals surface area contributed by atoms with Crippen LogP contribution in [0.5, 0.6) is 0 Å². The third-order valence-corrected chi connectivity index (χ3v) is 8.29. The van der Waals surface area contributed by atoms with E-state index in [-0.39, 0.29) is 0 Å². The van der Waals surface area contributed by atoms with Crippen molar-refractivity contribution in [2.45, 2.75) is 0 Å². The Kier molecular flexibility index (Phi) is 7.79. The number of hydrogen-bond acceptors (Lipinski definition) is 6. The summed E-state index contributed by atoms with van der Waals surface area (Å²) < 4.78 is 0. The van der Waals surface area contributed by atoms with Crippen LogP contribution in [0.4, 0.5) is 0 Å². The highest BCUT2D eigenvalue weighted by Gasteiger charge is 2.12. The van der Waals surface area contributed by atoms with Gasteiger partial charge < -0.3 is 0 Å². The van der Waals surface area contributed by atoms with Crippen LogP contribution in [0.15, 0.2) is 171 Å². The Labute approximate surface area is 278 Å². The molecule has 8 aromatic rings. The van der Waals surface area contributed by atoms with Gasteiger partial charge in [0.05, 0.1) is 11.4 Å². The Morgan fingerprint density at radius 1 is 0.250 bits per heavy atom. The molecule has 0 amide bonds. The molecule has 0 spiro atoms. The van der Waals surface area contributed by atoms with Gasteiger partial charge in [0.25, 0.3) is 0 Å². The van der Waals surface area contributed by atoms with Gasteiger partial charge in [-0.15, -0.1) is 0 Å². The van der Waals surface area contributed by atoms with E-state index in [1.807, 2.05) is 73.6 Å². The van der Waals surface area contributed by atoms with Crippen LogP contribution in [0.3, 0.4) is 0 Å². The fourth-order valence-electron chi connectivity index (χ4n) is 5.89. The molecule has 0 atom stereocenters. The van der Waals surface area contributed by atoms with Gasteiger partial charge in [-0.2, -0.15) is 0 Å². The second-order valence-corrected chi connectivity index (χ2v) is 11.4. The lowest BCUT2D eigenvalue weighted by atomic mass is 9.93. The van der Waals surface area contributed by atoms with Crippen LogP contribution in [-0.2, 0) is 0 Å². The van der Waals surface area contributed by atoms with E-state index in [4.69, 9.17) is 9.97 Å². The Hall–Kier alpha value is -6.66. The molecule has 0 saturated heterocycles. The molecule has 6 aromatic heterocycles. The number of hydrogen-bond donors (Lipinski definition) is 0. The Bertz CT molecular complexity index is 2040. The first kappa shape index (κ1) is 28.8. The molecule has 0 radical (unpaired) electrons. The molecule has 0 fully saturated rings. The fourth-order valence-corrected chi connectivity index (χ4v) is 5.89. The molecule has 0 aliphatic rings. The largest absolute Gasteiger partial charge is 0.264 e. The van der Waals surface area contributed by atoms with E-state index in [0.29, 0.717) is 0 Å². The number of benzene rings is 2. The van der Waals surface area contributed by atoms with Crippen LogP contribution in [0.25, 0.3) is 78.1 Å². The molecule has 6 heteroatoms. The summed E-state index contributed by atoms with van der Waals surface area (Å²) in [6.45, 7) is 0. The van der Waals surface area contributed by atoms with E-state index in [0.717, 1.165) is 78.1 Å². The molecule has 2 aromatic carbocycles. The SMILES string of the molecule is c1cncc(-c2cc(-c3cccnc3)cc(-c3ccnc(-c4cc(-c5cc(-c6cccnc6)cc(-c6cccnc6)c5)ccn4)c3)c2)c1. The van der Waals surface area contributed by atoms with Crippen LogP contribution in [0, 0.1) is 0 Å². The van der Waals surface area contributed by atoms with Gasteiger partial charge in [0.15, 0.2) is 0 Å². The van der Waals surface area contributed by atoms with Crippen molar-refractivity contribution in [1.29, 1.82) is 0 Å². The quantitative estimate of drug-likeness (QED) is 0.177. The molecule has 0 N–H and O–H groups in total. The van der Waals surface area contributed by atoms with Crippen molar-refractivity contribution >= 4 is 0 Å². The minimum absolute atomic E-state index is 0.792. The van der Waals surface area contributed by atoms with Gasteiger partial charge in [0.1, 0.15) is 0 Å². The predicted molar refractivity (Wildman–Crippen MR) is 191 cm³/mol. The average molecular weight is 617 g/mol. The van der Waals surface area contributed by atoms with Gasteiger partial charge in [-0.3, -0.25) is 29.9 Å². The van der Waals surface area contributed by atoms with E-state index < -0.39 is 0 Å². The molecule has 0 aliphatic carbocycles. The number of nitrogens with zero attached hydrogens (tertiary/aromatic N) is 6. The standard InChI is InChI=1S/C42H28N6/c1-5-31(25-43-11-1)37-17-35(18-38(21-37)32-6-2-12-44-26-32)29-9-15-47-41(23-29)42-24-30(10-16-48-42)36-19-39(33-7-3-13-45-27-33)22-40(20-36)34-8-4-14-46-28-34/h1-28H. The topological polar surface area (TPSA) is 77.3 Å². The first-order valence-electron chi connectivity index (χ1n) is 15.6. The number of rotatable bonds is 7. The molecule has 6 heterocycles. The van der Waals surface area contributed by atoms with E-state index in [1.165, 1.54) is 0 Å². The van der Waals surface area contributed by atoms with E-state index >= 15 is 0 Å². The summed E-state index contributed by atoms with van der Waals surface area (Å²) >= 11 is 0. The third-order valence-electron chi connectivity index (χ3n) is 8.29. The maximum atomic E-state index is 4.76. The molecule has 6 nitrogen and oxygen atoms in total. The fraction of sp³-hybridized carbons (Fsp3) is 0. The smallest absolute Gasteiger partial charge is 0.0892 e. The normalized spacial score (nSPS) is 10.9. The molecule has 48 heavy (non-hydrogen) atoms. The molecule has 0 aliphatic heterocycles. The van der Waals surface area contributed by atoms with Gasteiger partial charge in [-0.05, 0) is 129 Å². The first-order chi connectivity index (χ1) is 23.8. The zero-order valence-electron chi connectivity index (χ0n) is 25.8. The van der Waals surface area contributed by atoms with Crippen molar-refractivity contribution in [2.75, 3.05) is 0 Å². The summed E-state index contributed by atoms with van der Waals surface area (Å²) in [5, 5.41) is 0. The zero-order valence-corrected chi connectivity index (χ0v) is 25.8. The molecule has 0 bridgehead atoms. The van der Waals surface area contributed by atoms with E-state index in [9.17, 15) is 0 Å². The zero-order chi connectivity index (χ0) is 32.1. The highest BCUT2D eigenvalue weighted by molar-refractivity contribution is 5.84. The minimum atomic E-state index is 0.792. The Balaban J connectivity index is 1.21. The van der Waals surface area contributed by atoms with E-state index in [2.05, 4.69) is 92.7 Å². The van der Waals surface area contributed by atoms with Gasteiger partial charge >= 0.3 is 0 Å². The van der Waals surface area contributed by atoms with Crippen molar-refractivity contribution in [3.8, 4) is 78.1 Å². The Morgan fingerprint density at radius 2 is 0.542 bits per heavy atom. The highest BCUT2D eigenvalue weighted by Crippen LogP contribution is 2.36. The molecule has 8 rings (SSSR count). The van der Waals surface area contributed by atoms with Gasteiger partial charge in [-0.1, -0.05) is 24.3 Å². The predicted octanol–water partition coefficient (Wildman–Crippen LogP) is 9.73. The summed E-state index contributed by atoms with van der Waals surface area (Å²) in [6.07, 6.45) is 18.4. The van der Waals surface area contributed by atoms with Gasteiger partial charge in [0, 0.05) is 84.2 Å². The molecule has 226 valence electrons. The number of aromatic nitrogens is 6. The van der Waals surface area contributed by atoms with Crippen LogP contribution in [0.2, 0.25) is 0 Å². The molecule has 0 saturated carbocycles. The summed E-state index contributed by atoms with van der Waals surface area (Å²) in [4.78, 5) is 27.0. The van der Waals surface area contributed by atoms with Crippen molar-refractivity contribution < 1.29 is 0 Å². The average Bonchev–Trinajstić information content (AvgIpc) is 3.19. The van der Waals surface area contributed by atoms with Crippen LogP contribution in [-0.4, -0.2) is 29.9 Å². The second-order valence-electron chi connectivity index (χ2n) is 11.4. The van der Waals surface area contributed by atoms with Crippen molar-refractivity contribution in [2.24, 2.45) is 0 Å². The van der Waals surface area contributed by atoms with Crippen molar-refractivity contribution in [3.05, 3.63) is 171 Å². The van der Waals surface area contributed by atoms with Crippen LogP contribution < -0.4 is 0 Å². The van der Waals surface area contributed by atoms with Gasteiger partial charge in [0.2, 0.25) is 0 Å². The van der Waals surface area contributed by atoms with Gasteiger partial charge in [-0.25, -0.2) is 0 Å². The van der Waals surface area contributed by atoms with E-state index in [1.54, 1.807) is 24.8 Å². The lowest BCUT2D eigenvalue weighted by molar-refractivity contribution is 1.25. The minimum Gasteiger partial charge on any atom is -0.264 e.